The molecule has 0 radical (unpaired) electrons. The third-order valence-electron chi connectivity index (χ3n) is 1.48. The van der Waals surface area contributed by atoms with Crippen LogP contribution in [-0.2, 0) is 4.79 Å². The van der Waals surface area contributed by atoms with E-state index in [1.165, 1.54) is 0 Å². The highest BCUT2D eigenvalue weighted by molar-refractivity contribution is 5.68. The van der Waals surface area contributed by atoms with Crippen molar-refractivity contribution in [2.45, 2.75) is 0 Å². The molecular formula is C8H11NO2. The van der Waals surface area contributed by atoms with Crippen molar-refractivity contribution in [3.63, 3.8) is 0 Å². The minimum absolute atomic E-state index is 0.0399. The highest BCUT2D eigenvalue weighted by Crippen LogP contribution is 2.06. The molecule has 0 heterocycles. The van der Waals surface area contributed by atoms with Crippen LogP contribution in [0.4, 0.5) is 0 Å². The van der Waals surface area contributed by atoms with Crippen molar-refractivity contribution in [2.75, 3.05) is 13.1 Å². The van der Waals surface area contributed by atoms with Crippen LogP contribution in [0.3, 0.4) is 0 Å². The van der Waals surface area contributed by atoms with Gasteiger partial charge in [-0.3, -0.25) is 4.79 Å². The van der Waals surface area contributed by atoms with E-state index in [9.17, 15) is 4.79 Å². The molecule has 0 saturated heterocycles. The van der Waals surface area contributed by atoms with Gasteiger partial charge in [-0.2, -0.15) is 0 Å². The van der Waals surface area contributed by atoms with E-state index in [2.05, 4.69) is 5.32 Å². The molecule has 0 unspecified atom stereocenters. The molecule has 0 saturated carbocycles. The Morgan fingerprint density at radius 2 is 2.09 bits per heavy atom. The summed E-state index contributed by atoms with van der Waals surface area (Å²) in [5.74, 6) is -0.440. The second-order valence-corrected chi connectivity index (χ2v) is 2.46. The van der Waals surface area contributed by atoms with Gasteiger partial charge in [0.25, 0.3) is 0 Å². The standard InChI is InChI=1S/C8H11NO2/c10-8(11)6-9-5-7-3-1-2-4-7/h1-4,7,9H,5-6H2,(H,10,11). The zero-order valence-corrected chi connectivity index (χ0v) is 6.16. The second-order valence-electron chi connectivity index (χ2n) is 2.46. The largest absolute Gasteiger partial charge is 0.480 e. The Labute approximate surface area is 65.4 Å². The molecule has 60 valence electrons. The van der Waals surface area contributed by atoms with Crippen molar-refractivity contribution in [3.8, 4) is 0 Å². The molecule has 2 N–H and O–H groups in total. The SMILES string of the molecule is O=C(O)CNCC1C=CC=C1. The summed E-state index contributed by atoms with van der Waals surface area (Å²) in [5.41, 5.74) is 0. The number of carboxylic acids is 1. The number of rotatable bonds is 4. The first-order valence-corrected chi connectivity index (χ1v) is 3.56. The Balaban J connectivity index is 2.08. The Hall–Kier alpha value is -1.09. The van der Waals surface area contributed by atoms with Crippen molar-refractivity contribution >= 4 is 5.97 Å². The number of aliphatic carboxylic acids is 1. The van der Waals surface area contributed by atoms with Gasteiger partial charge < -0.3 is 10.4 Å². The normalized spacial score (nSPS) is 16.0. The van der Waals surface area contributed by atoms with Crippen LogP contribution < -0.4 is 5.32 Å². The van der Waals surface area contributed by atoms with Crippen molar-refractivity contribution in [3.05, 3.63) is 24.3 Å². The van der Waals surface area contributed by atoms with E-state index in [1.54, 1.807) is 0 Å². The second kappa shape index (κ2) is 3.93. The van der Waals surface area contributed by atoms with Crippen LogP contribution in [0.15, 0.2) is 24.3 Å². The van der Waals surface area contributed by atoms with E-state index in [1.807, 2.05) is 24.3 Å². The molecule has 0 aromatic carbocycles. The van der Waals surface area contributed by atoms with E-state index < -0.39 is 5.97 Å². The van der Waals surface area contributed by atoms with Crippen molar-refractivity contribution in [1.82, 2.24) is 5.32 Å². The molecule has 0 fully saturated rings. The van der Waals surface area contributed by atoms with Gasteiger partial charge in [0.05, 0.1) is 6.54 Å². The van der Waals surface area contributed by atoms with Crippen molar-refractivity contribution in [2.24, 2.45) is 5.92 Å². The lowest BCUT2D eigenvalue weighted by Crippen LogP contribution is -2.26. The fourth-order valence-electron chi connectivity index (χ4n) is 0.960. The van der Waals surface area contributed by atoms with E-state index in [0.29, 0.717) is 12.5 Å². The highest BCUT2D eigenvalue weighted by Gasteiger charge is 2.03. The first-order valence-electron chi connectivity index (χ1n) is 3.56. The molecule has 3 heteroatoms. The van der Waals surface area contributed by atoms with Crippen LogP contribution in [0.5, 0.6) is 0 Å². The third kappa shape index (κ3) is 3.00. The Morgan fingerprint density at radius 1 is 1.45 bits per heavy atom. The molecule has 0 aromatic rings. The van der Waals surface area contributed by atoms with Crippen molar-refractivity contribution < 1.29 is 9.90 Å². The smallest absolute Gasteiger partial charge is 0.317 e. The summed E-state index contributed by atoms with van der Waals surface area (Å²) >= 11 is 0. The fourth-order valence-corrected chi connectivity index (χ4v) is 0.960. The lowest BCUT2D eigenvalue weighted by Gasteiger charge is -2.04. The summed E-state index contributed by atoms with van der Waals surface area (Å²) in [6.45, 7) is 0.748. The van der Waals surface area contributed by atoms with Gasteiger partial charge in [-0.1, -0.05) is 24.3 Å². The van der Waals surface area contributed by atoms with E-state index in [4.69, 9.17) is 5.11 Å². The van der Waals surface area contributed by atoms with Crippen LogP contribution in [-0.4, -0.2) is 24.2 Å². The Morgan fingerprint density at radius 3 is 2.64 bits per heavy atom. The van der Waals surface area contributed by atoms with Crippen LogP contribution in [0.1, 0.15) is 0 Å². The summed E-state index contributed by atoms with van der Waals surface area (Å²) in [7, 11) is 0. The molecular weight excluding hydrogens is 142 g/mol. The topological polar surface area (TPSA) is 49.3 Å². The van der Waals surface area contributed by atoms with Crippen LogP contribution >= 0.6 is 0 Å². The third-order valence-corrected chi connectivity index (χ3v) is 1.48. The van der Waals surface area contributed by atoms with Gasteiger partial charge in [0, 0.05) is 12.5 Å². The number of hydrogen-bond acceptors (Lipinski definition) is 2. The van der Waals surface area contributed by atoms with Crippen LogP contribution in [0, 0.1) is 5.92 Å². The first-order chi connectivity index (χ1) is 5.29. The number of carbonyl (C=O) groups is 1. The number of hydrogen-bond donors (Lipinski definition) is 2. The molecule has 0 amide bonds. The number of carboxylic acid groups (broad SMARTS) is 1. The maximum absolute atomic E-state index is 10.1. The summed E-state index contributed by atoms with van der Waals surface area (Å²) in [5, 5.41) is 11.1. The highest BCUT2D eigenvalue weighted by atomic mass is 16.4. The molecule has 11 heavy (non-hydrogen) atoms. The maximum Gasteiger partial charge on any atom is 0.317 e. The molecule has 0 aromatic heterocycles. The van der Waals surface area contributed by atoms with Crippen LogP contribution in [0.25, 0.3) is 0 Å². The van der Waals surface area contributed by atoms with Gasteiger partial charge in [-0.15, -0.1) is 0 Å². The first kappa shape index (κ1) is 8.01. The molecule has 0 atom stereocenters. The van der Waals surface area contributed by atoms with E-state index in [-0.39, 0.29) is 6.54 Å². The maximum atomic E-state index is 10.1. The molecule has 1 aliphatic rings. The van der Waals surface area contributed by atoms with Crippen molar-refractivity contribution in [1.29, 1.82) is 0 Å². The minimum Gasteiger partial charge on any atom is -0.480 e. The lowest BCUT2D eigenvalue weighted by molar-refractivity contribution is -0.135. The van der Waals surface area contributed by atoms with Gasteiger partial charge in [-0.05, 0) is 0 Å². The molecule has 0 aliphatic heterocycles. The van der Waals surface area contributed by atoms with Gasteiger partial charge in [0.1, 0.15) is 0 Å². The quantitative estimate of drug-likeness (QED) is 0.614. The number of nitrogens with one attached hydrogen (secondary N) is 1. The Kier molecular flexibility index (Phi) is 2.86. The molecule has 0 bridgehead atoms. The van der Waals surface area contributed by atoms with Gasteiger partial charge >= 0.3 is 5.97 Å². The summed E-state index contributed by atoms with van der Waals surface area (Å²) in [4.78, 5) is 10.1. The fraction of sp³-hybridized carbons (Fsp3) is 0.375. The number of allylic oxidation sites excluding steroid dienone is 2. The van der Waals surface area contributed by atoms with Gasteiger partial charge in [-0.25, -0.2) is 0 Å². The predicted octanol–water partition coefficient (Wildman–Crippen LogP) is 0.403. The monoisotopic (exact) mass is 153 g/mol. The minimum atomic E-state index is -0.809. The summed E-state index contributed by atoms with van der Waals surface area (Å²) in [6, 6.07) is 0. The molecule has 1 aliphatic carbocycles. The van der Waals surface area contributed by atoms with Crippen LogP contribution in [0.2, 0.25) is 0 Å². The average Bonchev–Trinajstić information content (AvgIpc) is 2.39. The average molecular weight is 153 g/mol. The summed E-state index contributed by atoms with van der Waals surface area (Å²) in [6.07, 6.45) is 8.00. The molecule has 1 rings (SSSR count). The lowest BCUT2D eigenvalue weighted by atomic mass is 10.2. The molecule has 3 nitrogen and oxygen atoms in total. The van der Waals surface area contributed by atoms with E-state index >= 15 is 0 Å². The van der Waals surface area contributed by atoms with Gasteiger partial charge in [0.2, 0.25) is 0 Å². The van der Waals surface area contributed by atoms with E-state index in [0.717, 1.165) is 0 Å². The zero-order valence-electron chi connectivity index (χ0n) is 6.16. The predicted molar refractivity (Wildman–Crippen MR) is 42.3 cm³/mol. The van der Waals surface area contributed by atoms with Gasteiger partial charge in [0.15, 0.2) is 0 Å². The zero-order chi connectivity index (χ0) is 8.10. The Bertz CT molecular complexity index is 184. The molecule has 0 spiro atoms. The summed E-state index contributed by atoms with van der Waals surface area (Å²) < 4.78 is 0.